The highest BCUT2D eigenvalue weighted by Gasteiger charge is 2.12. The van der Waals surface area contributed by atoms with Crippen LogP contribution in [0.1, 0.15) is 17.0 Å². The molecule has 1 heterocycles. The Balaban J connectivity index is 2.20. The molecule has 0 aliphatic rings. The van der Waals surface area contributed by atoms with Crippen molar-refractivity contribution in [3.63, 3.8) is 0 Å². The highest BCUT2D eigenvalue weighted by atomic mass is 15.3. The Labute approximate surface area is 95.9 Å². The Morgan fingerprint density at radius 2 is 2.12 bits per heavy atom. The average Bonchev–Trinajstić information content (AvgIpc) is 2.80. The fraction of sp³-hybridized carbons (Fsp3) is 0.308. The largest absolute Gasteiger partial charge is 0.330 e. The summed E-state index contributed by atoms with van der Waals surface area (Å²) in [6, 6.07) is 10.3. The molecule has 0 radical (unpaired) electrons. The van der Waals surface area contributed by atoms with Crippen LogP contribution in [0.4, 0.5) is 0 Å². The molecule has 0 aliphatic carbocycles. The zero-order chi connectivity index (χ0) is 11.4. The highest BCUT2D eigenvalue weighted by Crippen LogP contribution is 2.20. The van der Waals surface area contributed by atoms with Gasteiger partial charge in [-0.3, -0.25) is 4.68 Å². The van der Waals surface area contributed by atoms with Crippen LogP contribution in [0.2, 0.25) is 0 Å². The molecule has 2 aromatic rings. The molecule has 2 rings (SSSR count). The van der Waals surface area contributed by atoms with Crippen molar-refractivity contribution in [2.24, 2.45) is 5.73 Å². The van der Waals surface area contributed by atoms with Crippen LogP contribution in [0.15, 0.2) is 42.7 Å². The highest BCUT2D eigenvalue weighted by molar-refractivity contribution is 5.29. The second-order valence-electron chi connectivity index (χ2n) is 4.02. The van der Waals surface area contributed by atoms with Gasteiger partial charge in [0, 0.05) is 31.4 Å². The summed E-state index contributed by atoms with van der Waals surface area (Å²) in [6.45, 7) is 3.61. The molecule has 0 saturated carbocycles. The fourth-order valence-electron chi connectivity index (χ4n) is 1.98. The normalized spacial score (nSPS) is 12.6. The summed E-state index contributed by atoms with van der Waals surface area (Å²) in [5, 5.41) is 4.22. The van der Waals surface area contributed by atoms with E-state index in [0.29, 0.717) is 12.5 Å². The molecule has 3 heteroatoms. The third-order valence-electron chi connectivity index (χ3n) is 2.88. The molecule has 1 atom stereocenters. The van der Waals surface area contributed by atoms with Crippen molar-refractivity contribution in [3.8, 4) is 0 Å². The number of nitrogens with two attached hydrogens (primary N) is 1. The van der Waals surface area contributed by atoms with Crippen molar-refractivity contribution >= 4 is 0 Å². The summed E-state index contributed by atoms with van der Waals surface area (Å²) >= 11 is 0. The summed E-state index contributed by atoms with van der Waals surface area (Å²) in [5.74, 6) is 0.334. The lowest BCUT2D eigenvalue weighted by Crippen LogP contribution is -2.19. The van der Waals surface area contributed by atoms with Gasteiger partial charge >= 0.3 is 0 Å². The minimum Gasteiger partial charge on any atom is -0.330 e. The summed E-state index contributed by atoms with van der Waals surface area (Å²) in [5.41, 5.74) is 8.47. The standard InChI is InChI=1S/C13H17N3/c1-11-5-2-3-6-13(11)12(9-14)10-16-8-4-7-15-16/h2-8,12H,9-10,14H2,1H3. The van der Waals surface area contributed by atoms with Gasteiger partial charge in [0.2, 0.25) is 0 Å². The van der Waals surface area contributed by atoms with E-state index in [-0.39, 0.29) is 0 Å². The Kier molecular flexibility index (Phi) is 3.37. The predicted octanol–water partition coefficient (Wildman–Crippen LogP) is 1.93. The van der Waals surface area contributed by atoms with Crippen LogP contribution >= 0.6 is 0 Å². The van der Waals surface area contributed by atoms with Crippen molar-refractivity contribution in [2.45, 2.75) is 19.4 Å². The first-order valence-corrected chi connectivity index (χ1v) is 5.54. The van der Waals surface area contributed by atoms with E-state index < -0.39 is 0 Å². The maximum atomic E-state index is 5.85. The average molecular weight is 215 g/mol. The molecule has 0 bridgehead atoms. The van der Waals surface area contributed by atoms with Crippen molar-refractivity contribution in [3.05, 3.63) is 53.9 Å². The second kappa shape index (κ2) is 4.94. The van der Waals surface area contributed by atoms with Crippen LogP contribution < -0.4 is 5.73 Å². The zero-order valence-corrected chi connectivity index (χ0v) is 9.50. The molecule has 16 heavy (non-hydrogen) atoms. The molecule has 0 saturated heterocycles. The van der Waals surface area contributed by atoms with Crippen LogP contribution in [-0.2, 0) is 6.54 Å². The predicted molar refractivity (Wildman–Crippen MR) is 65.2 cm³/mol. The first kappa shape index (κ1) is 10.9. The van der Waals surface area contributed by atoms with Gasteiger partial charge < -0.3 is 5.73 Å². The topological polar surface area (TPSA) is 43.8 Å². The minimum atomic E-state index is 0.334. The Morgan fingerprint density at radius 1 is 1.31 bits per heavy atom. The third kappa shape index (κ3) is 2.31. The van der Waals surface area contributed by atoms with E-state index in [0.717, 1.165) is 6.54 Å². The first-order chi connectivity index (χ1) is 7.81. The van der Waals surface area contributed by atoms with E-state index in [1.807, 2.05) is 16.9 Å². The first-order valence-electron chi connectivity index (χ1n) is 5.54. The number of hydrogen-bond donors (Lipinski definition) is 1. The van der Waals surface area contributed by atoms with Crippen LogP contribution in [0.5, 0.6) is 0 Å². The van der Waals surface area contributed by atoms with Gasteiger partial charge in [0.15, 0.2) is 0 Å². The van der Waals surface area contributed by atoms with Crippen molar-refractivity contribution < 1.29 is 0 Å². The van der Waals surface area contributed by atoms with Gasteiger partial charge in [0.25, 0.3) is 0 Å². The van der Waals surface area contributed by atoms with Crippen molar-refractivity contribution in [1.82, 2.24) is 9.78 Å². The monoisotopic (exact) mass is 215 g/mol. The maximum absolute atomic E-state index is 5.85. The van der Waals surface area contributed by atoms with Crippen LogP contribution in [0, 0.1) is 6.92 Å². The summed E-state index contributed by atoms with van der Waals surface area (Å²) in [4.78, 5) is 0. The van der Waals surface area contributed by atoms with Gasteiger partial charge in [-0.2, -0.15) is 5.10 Å². The molecule has 1 unspecified atom stereocenters. The number of hydrogen-bond acceptors (Lipinski definition) is 2. The minimum absolute atomic E-state index is 0.334. The molecule has 84 valence electrons. The van der Waals surface area contributed by atoms with Crippen LogP contribution in [0.25, 0.3) is 0 Å². The fourth-order valence-corrected chi connectivity index (χ4v) is 1.98. The lowest BCUT2D eigenvalue weighted by molar-refractivity contribution is 0.519. The number of aryl methyl sites for hydroxylation is 1. The summed E-state index contributed by atoms with van der Waals surface area (Å²) in [6.07, 6.45) is 3.77. The van der Waals surface area contributed by atoms with E-state index in [1.54, 1.807) is 6.20 Å². The SMILES string of the molecule is Cc1ccccc1C(CN)Cn1cccn1. The van der Waals surface area contributed by atoms with Crippen LogP contribution in [-0.4, -0.2) is 16.3 Å². The van der Waals surface area contributed by atoms with Gasteiger partial charge in [-0.25, -0.2) is 0 Å². The summed E-state index contributed by atoms with van der Waals surface area (Å²) < 4.78 is 1.93. The van der Waals surface area contributed by atoms with E-state index in [4.69, 9.17) is 5.73 Å². The van der Waals surface area contributed by atoms with E-state index in [1.165, 1.54) is 11.1 Å². The third-order valence-corrected chi connectivity index (χ3v) is 2.88. The van der Waals surface area contributed by atoms with E-state index in [9.17, 15) is 0 Å². The number of benzene rings is 1. The molecule has 0 spiro atoms. The maximum Gasteiger partial charge on any atom is 0.0489 e. The van der Waals surface area contributed by atoms with Gasteiger partial charge in [-0.1, -0.05) is 24.3 Å². The lowest BCUT2D eigenvalue weighted by atomic mass is 9.95. The molecule has 0 fully saturated rings. The zero-order valence-electron chi connectivity index (χ0n) is 9.50. The Bertz CT molecular complexity index is 434. The molecule has 1 aromatic carbocycles. The van der Waals surface area contributed by atoms with Gasteiger partial charge in [0.05, 0.1) is 0 Å². The second-order valence-corrected chi connectivity index (χ2v) is 4.02. The van der Waals surface area contributed by atoms with Crippen molar-refractivity contribution in [2.75, 3.05) is 6.54 Å². The Morgan fingerprint density at radius 3 is 2.75 bits per heavy atom. The Hall–Kier alpha value is -1.61. The molecular formula is C13H17N3. The molecule has 0 aliphatic heterocycles. The smallest absolute Gasteiger partial charge is 0.0489 e. The number of aromatic nitrogens is 2. The van der Waals surface area contributed by atoms with Crippen molar-refractivity contribution in [1.29, 1.82) is 0 Å². The molecule has 1 aromatic heterocycles. The quantitative estimate of drug-likeness (QED) is 0.847. The van der Waals surface area contributed by atoms with E-state index in [2.05, 4.69) is 36.3 Å². The molecular weight excluding hydrogens is 198 g/mol. The number of nitrogens with zero attached hydrogens (tertiary/aromatic N) is 2. The lowest BCUT2D eigenvalue weighted by Gasteiger charge is -2.17. The van der Waals surface area contributed by atoms with Gasteiger partial charge in [0.1, 0.15) is 0 Å². The van der Waals surface area contributed by atoms with Crippen LogP contribution in [0.3, 0.4) is 0 Å². The van der Waals surface area contributed by atoms with E-state index >= 15 is 0 Å². The molecule has 3 nitrogen and oxygen atoms in total. The molecule has 0 amide bonds. The summed E-state index contributed by atoms with van der Waals surface area (Å²) in [7, 11) is 0. The van der Waals surface area contributed by atoms with Gasteiger partial charge in [-0.05, 0) is 24.1 Å². The number of rotatable bonds is 4. The molecule has 2 N–H and O–H groups in total. The van der Waals surface area contributed by atoms with Gasteiger partial charge in [-0.15, -0.1) is 0 Å².